The molecule has 3 heteroatoms. The summed E-state index contributed by atoms with van der Waals surface area (Å²) in [4.78, 5) is 3.15. The Bertz CT molecular complexity index is 688. The van der Waals surface area contributed by atoms with E-state index in [1.54, 1.807) is 12.1 Å². The van der Waals surface area contributed by atoms with Gasteiger partial charge in [-0.15, -0.1) is 0 Å². The first kappa shape index (κ1) is 10.4. The number of hydrogen-bond acceptors (Lipinski definition) is 0. The molecule has 0 unspecified atom stereocenters. The lowest BCUT2D eigenvalue weighted by molar-refractivity contribution is 0.631. The van der Waals surface area contributed by atoms with Crippen LogP contribution in [0.5, 0.6) is 0 Å². The number of aromatic amines is 1. The van der Waals surface area contributed by atoms with Crippen molar-refractivity contribution in [2.45, 2.75) is 0 Å². The molecule has 2 aromatic carbocycles. The molecular formula is C14H9ClFN. The van der Waals surface area contributed by atoms with Crippen molar-refractivity contribution in [2.24, 2.45) is 0 Å². The Labute approximate surface area is 103 Å². The molecule has 0 aliphatic rings. The van der Waals surface area contributed by atoms with Crippen molar-refractivity contribution in [2.75, 3.05) is 0 Å². The minimum Gasteiger partial charge on any atom is -0.353 e. The molecule has 0 aliphatic carbocycles. The molecule has 3 aromatic rings. The molecule has 0 aliphatic heterocycles. The van der Waals surface area contributed by atoms with Gasteiger partial charge in [0.15, 0.2) is 0 Å². The normalized spacial score (nSPS) is 10.9. The van der Waals surface area contributed by atoms with E-state index in [1.807, 2.05) is 30.3 Å². The van der Waals surface area contributed by atoms with Gasteiger partial charge in [-0.1, -0.05) is 35.9 Å². The number of halogens is 2. The summed E-state index contributed by atoms with van der Waals surface area (Å²) in [7, 11) is 0. The summed E-state index contributed by atoms with van der Waals surface area (Å²) in [5.41, 5.74) is 2.14. The van der Waals surface area contributed by atoms with Crippen molar-refractivity contribution in [1.82, 2.24) is 4.98 Å². The quantitative estimate of drug-likeness (QED) is 0.644. The molecule has 17 heavy (non-hydrogen) atoms. The van der Waals surface area contributed by atoms with Crippen LogP contribution in [-0.4, -0.2) is 4.98 Å². The van der Waals surface area contributed by atoms with Gasteiger partial charge in [-0.2, -0.15) is 0 Å². The fourth-order valence-electron chi connectivity index (χ4n) is 1.94. The maximum absolute atomic E-state index is 13.7. The Hall–Kier alpha value is -1.80. The minimum atomic E-state index is -0.241. The third-order valence-corrected chi connectivity index (χ3v) is 3.08. The van der Waals surface area contributed by atoms with Gasteiger partial charge in [0.25, 0.3) is 0 Å². The molecule has 0 saturated heterocycles. The van der Waals surface area contributed by atoms with Crippen LogP contribution in [0.15, 0.2) is 48.5 Å². The second kappa shape index (κ2) is 3.90. The van der Waals surface area contributed by atoms with E-state index in [2.05, 4.69) is 4.98 Å². The SMILES string of the molecule is Fc1ccccc1-c1cc2cccc(Cl)c2[nH]1. The number of hydrogen-bond donors (Lipinski definition) is 1. The lowest BCUT2D eigenvalue weighted by atomic mass is 10.1. The summed E-state index contributed by atoms with van der Waals surface area (Å²) in [6, 6.07) is 14.2. The van der Waals surface area contributed by atoms with Crippen molar-refractivity contribution >= 4 is 22.5 Å². The average Bonchev–Trinajstić information content (AvgIpc) is 2.75. The molecule has 3 rings (SSSR count). The summed E-state index contributed by atoms with van der Waals surface area (Å²) in [5, 5.41) is 1.63. The standard InChI is InChI=1S/C14H9ClFN/c15-11-6-3-4-9-8-13(17-14(9)11)10-5-1-2-7-12(10)16/h1-8,17H. The Morgan fingerprint density at radius 3 is 2.59 bits per heavy atom. The third kappa shape index (κ3) is 1.71. The average molecular weight is 246 g/mol. The fraction of sp³-hybridized carbons (Fsp3) is 0. The topological polar surface area (TPSA) is 15.8 Å². The van der Waals surface area contributed by atoms with Crippen molar-refractivity contribution < 1.29 is 4.39 Å². The second-order valence-electron chi connectivity index (χ2n) is 3.87. The molecule has 1 nitrogen and oxygen atoms in total. The minimum absolute atomic E-state index is 0.241. The first-order chi connectivity index (χ1) is 8.25. The van der Waals surface area contributed by atoms with Crippen LogP contribution in [0.25, 0.3) is 22.2 Å². The van der Waals surface area contributed by atoms with Crippen LogP contribution in [-0.2, 0) is 0 Å². The smallest absolute Gasteiger partial charge is 0.132 e. The number of H-pyrrole nitrogens is 1. The predicted octanol–water partition coefficient (Wildman–Crippen LogP) is 4.63. The molecule has 0 bridgehead atoms. The number of aromatic nitrogens is 1. The van der Waals surface area contributed by atoms with Crippen LogP contribution in [0.4, 0.5) is 4.39 Å². The second-order valence-corrected chi connectivity index (χ2v) is 4.27. The third-order valence-electron chi connectivity index (χ3n) is 2.77. The van der Waals surface area contributed by atoms with E-state index >= 15 is 0 Å². The Morgan fingerprint density at radius 1 is 1.00 bits per heavy atom. The fourth-order valence-corrected chi connectivity index (χ4v) is 2.17. The molecule has 0 spiro atoms. The summed E-state index contributed by atoms with van der Waals surface area (Å²) < 4.78 is 13.7. The molecule has 0 saturated carbocycles. The number of benzene rings is 2. The Balaban J connectivity index is 2.26. The monoisotopic (exact) mass is 245 g/mol. The summed E-state index contributed by atoms with van der Waals surface area (Å²) in [6.45, 7) is 0. The molecule has 1 N–H and O–H groups in total. The highest BCUT2D eigenvalue weighted by Gasteiger charge is 2.08. The number of para-hydroxylation sites is 1. The zero-order chi connectivity index (χ0) is 11.8. The molecular weight excluding hydrogens is 237 g/mol. The molecule has 84 valence electrons. The van der Waals surface area contributed by atoms with Crippen LogP contribution in [0, 0.1) is 5.82 Å². The lowest BCUT2D eigenvalue weighted by Crippen LogP contribution is -1.82. The van der Waals surface area contributed by atoms with Gasteiger partial charge >= 0.3 is 0 Å². The number of rotatable bonds is 1. The highest BCUT2D eigenvalue weighted by molar-refractivity contribution is 6.35. The van der Waals surface area contributed by atoms with Gasteiger partial charge in [0.1, 0.15) is 5.82 Å². The molecule has 1 aromatic heterocycles. The Morgan fingerprint density at radius 2 is 1.82 bits per heavy atom. The van der Waals surface area contributed by atoms with Crippen molar-refractivity contribution in [3.63, 3.8) is 0 Å². The van der Waals surface area contributed by atoms with Gasteiger partial charge in [-0.3, -0.25) is 0 Å². The van der Waals surface area contributed by atoms with E-state index in [0.29, 0.717) is 10.6 Å². The highest BCUT2D eigenvalue weighted by Crippen LogP contribution is 2.29. The number of nitrogens with one attached hydrogen (secondary N) is 1. The van der Waals surface area contributed by atoms with E-state index in [-0.39, 0.29) is 5.82 Å². The molecule has 1 heterocycles. The first-order valence-electron chi connectivity index (χ1n) is 5.28. The van der Waals surface area contributed by atoms with Gasteiger partial charge in [0.2, 0.25) is 0 Å². The van der Waals surface area contributed by atoms with Gasteiger partial charge in [0, 0.05) is 16.6 Å². The molecule has 0 radical (unpaired) electrons. The van der Waals surface area contributed by atoms with Crippen molar-refractivity contribution in [3.05, 3.63) is 59.4 Å². The van der Waals surface area contributed by atoms with Crippen LogP contribution < -0.4 is 0 Å². The van der Waals surface area contributed by atoms with Crippen LogP contribution in [0.3, 0.4) is 0 Å². The predicted molar refractivity (Wildman–Crippen MR) is 68.7 cm³/mol. The largest absolute Gasteiger partial charge is 0.353 e. The lowest BCUT2D eigenvalue weighted by Gasteiger charge is -1.98. The highest BCUT2D eigenvalue weighted by atomic mass is 35.5. The van der Waals surface area contributed by atoms with Crippen LogP contribution in [0.1, 0.15) is 0 Å². The van der Waals surface area contributed by atoms with Gasteiger partial charge in [-0.05, 0) is 24.3 Å². The van der Waals surface area contributed by atoms with E-state index < -0.39 is 0 Å². The zero-order valence-corrected chi connectivity index (χ0v) is 9.63. The van der Waals surface area contributed by atoms with Crippen molar-refractivity contribution in [1.29, 1.82) is 0 Å². The van der Waals surface area contributed by atoms with E-state index in [4.69, 9.17) is 11.6 Å². The van der Waals surface area contributed by atoms with Crippen LogP contribution in [0.2, 0.25) is 5.02 Å². The number of fused-ring (bicyclic) bond motifs is 1. The first-order valence-corrected chi connectivity index (χ1v) is 5.65. The van der Waals surface area contributed by atoms with Crippen molar-refractivity contribution in [3.8, 4) is 11.3 Å². The van der Waals surface area contributed by atoms with Gasteiger partial charge < -0.3 is 4.98 Å². The summed E-state index contributed by atoms with van der Waals surface area (Å²) in [6.07, 6.45) is 0. The Kier molecular flexibility index (Phi) is 2.37. The maximum atomic E-state index is 13.7. The van der Waals surface area contributed by atoms with E-state index in [9.17, 15) is 4.39 Å². The molecule has 0 fully saturated rings. The molecule has 0 atom stereocenters. The summed E-state index contributed by atoms with van der Waals surface area (Å²) in [5.74, 6) is -0.241. The van der Waals surface area contributed by atoms with E-state index in [1.165, 1.54) is 6.07 Å². The van der Waals surface area contributed by atoms with E-state index in [0.717, 1.165) is 16.6 Å². The van der Waals surface area contributed by atoms with Gasteiger partial charge in [0.05, 0.1) is 10.5 Å². The zero-order valence-electron chi connectivity index (χ0n) is 8.87. The molecule has 0 amide bonds. The van der Waals surface area contributed by atoms with Gasteiger partial charge in [-0.25, -0.2) is 4.39 Å². The maximum Gasteiger partial charge on any atom is 0.132 e. The summed E-state index contributed by atoms with van der Waals surface area (Å²) >= 11 is 6.07. The van der Waals surface area contributed by atoms with Crippen LogP contribution >= 0.6 is 11.6 Å².